The van der Waals surface area contributed by atoms with Crippen LogP contribution >= 0.6 is 0 Å². The Kier molecular flexibility index (Phi) is 3.27. The third kappa shape index (κ3) is 2.17. The molecular formula is C12H12N2O4. The van der Waals surface area contributed by atoms with E-state index >= 15 is 0 Å². The van der Waals surface area contributed by atoms with Crippen molar-refractivity contribution in [1.29, 1.82) is 0 Å². The third-order valence-electron chi connectivity index (χ3n) is 2.60. The molecule has 1 aliphatic heterocycles. The van der Waals surface area contributed by atoms with Gasteiger partial charge in [-0.1, -0.05) is 12.7 Å². The fraction of sp³-hybridized carbons (Fsp3) is 0.250. The summed E-state index contributed by atoms with van der Waals surface area (Å²) in [4.78, 5) is 27.9. The summed E-state index contributed by atoms with van der Waals surface area (Å²) >= 11 is 0. The summed E-state index contributed by atoms with van der Waals surface area (Å²) in [6.45, 7) is 4.04. The number of anilines is 1. The number of carbonyl (C=O) groups is 2. The molecule has 6 heteroatoms. The molecule has 0 aromatic carbocycles. The van der Waals surface area contributed by atoms with E-state index in [9.17, 15) is 9.59 Å². The second kappa shape index (κ2) is 4.87. The van der Waals surface area contributed by atoms with Crippen LogP contribution in [0.4, 0.5) is 10.6 Å². The molecule has 18 heavy (non-hydrogen) atoms. The number of amides is 1. The SMILES string of the molecule is C=CCOC(=O)N1CCc2cc(C(=O)O)cnc21. The molecule has 6 nitrogen and oxygen atoms in total. The Balaban J connectivity index is 2.21. The predicted octanol–water partition coefficient (Wildman–Crippen LogP) is 1.46. The Morgan fingerprint density at radius 2 is 2.39 bits per heavy atom. The molecule has 0 unspecified atom stereocenters. The third-order valence-corrected chi connectivity index (χ3v) is 2.60. The largest absolute Gasteiger partial charge is 0.478 e. The minimum Gasteiger partial charge on any atom is -0.478 e. The lowest BCUT2D eigenvalue weighted by Gasteiger charge is -2.15. The van der Waals surface area contributed by atoms with Gasteiger partial charge < -0.3 is 9.84 Å². The van der Waals surface area contributed by atoms with Gasteiger partial charge in [0.25, 0.3) is 0 Å². The van der Waals surface area contributed by atoms with Crippen LogP contribution in [0.2, 0.25) is 0 Å². The number of nitrogens with zero attached hydrogens (tertiary/aromatic N) is 2. The van der Waals surface area contributed by atoms with E-state index in [1.54, 1.807) is 0 Å². The number of fused-ring (bicyclic) bond motifs is 1. The van der Waals surface area contributed by atoms with E-state index in [1.807, 2.05) is 0 Å². The molecule has 0 saturated heterocycles. The maximum Gasteiger partial charge on any atom is 0.415 e. The number of carbonyl (C=O) groups excluding carboxylic acids is 1. The summed E-state index contributed by atoms with van der Waals surface area (Å²) in [6.07, 6.45) is 2.80. The Morgan fingerprint density at radius 3 is 3.06 bits per heavy atom. The molecular weight excluding hydrogens is 236 g/mol. The van der Waals surface area contributed by atoms with Crippen LogP contribution < -0.4 is 4.90 Å². The number of ether oxygens (including phenoxy) is 1. The van der Waals surface area contributed by atoms with Gasteiger partial charge in [0.2, 0.25) is 0 Å². The molecule has 1 aliphatic rings. The van der Waals surface area contributed by atoms with Gasteiger partial charge >= 0.3 is 12.1 Å². The lowest BCUT2D eigenvalue weighted by molar-refractivity contribution is 0.0696. The minimum absolute atomic E-state index is 0.120. The zero-order valence-electron chi connectivity index (χ0n) is 9.63. The number of carboxylic acid groups (broad SMARTS) is 1. The number of aromatic nitrogens is 1. The number of hydrogen-bond donors (Lipinski definition) is 1. The molecule has 2 rings (SSSR count). The minimum atomic E-state index is -1.03. The summed E-state index contributed by atoms with van der Waals surface area (Å²) in [7, 11) is 0. The van der Waals surface area contributed by atoms with Crippen molar-refractivity contribution in [2.75, 3.05) is 18.1 Å². The second-order valence-corrected chi connectivity index (χ2v) is 3.78. The van der Waals surface area contributed by atoms with Crippen LogP contribution in [0.25, 0.3) is 0 Å². The highest BCUT2D eigenvalue weighted by molar-refractivity contribution is 5.91. The Bertz CT molecular complexity index is 513. The summed E-state index contributed by atoms with van der Waals surface area (Å²) in [5.41, 5.74) is 0.862. The first kappa shape index (κ1) is 12.1. The molecule has 0 aliphatic carbocycles. The van der Waals surface area contributed by atoms with Crippen LogP contribution in [0.1, 0.15) is 15.9 Å². The van der Waals surface area contributed by atoms with E-state index in [0.717, 1.165) is 5.56 Å². The van der Waals surface area contributed by atoms with E-state index in [4.69, 9.17) is 9.84 Å². The molecule has 1 aromatic rings. The molecule has 0 fully saturated rings. The molecule has 0 radical (unpaired) electrons. The highest BCUT2D eigenvalue weighted by Crippen LogP contribution is 2.26. The number of hydrogen-bond acceptors (Lipinski definition) is 4. The van der Waals surface area contributed by atoms with E-state index < -0.39 is 12.1 Å². The van der Waals surface area contributed by atoms with Crippen molar-refractivity contribution >= 4 is 17.9 Å². The normalized spacial score (nSPS) is 13.0. The van der Waals surface area contributed by atoms with Gasteiger partial charge in [-0.25, -0.2) is 14.6 Å². The number of pyridine rings is 1. The van der Waals surface area contributed by atoms with E-state index in [1.165, 1.54) is 23.2 Å². The molecule has 1 amide bonds. The monoisotopic (exact) mass is 248 g/mol. The average Bonchev–Trinajstić information content (AvgIpc) is 2.78. The van der Waals surface area contributed by atoms with Crippen molar-refractivity contribution in [3.05, 3.63) is 36.0 Å². The van der Waals surface area contributed by atoms with Gasteiger partial charge in [-0.3, -0.25) is 4.90 Å². The van der Waals surface area contributed by atoms with Crippen molar-refractivity contribution in [3.8, 4) is 0 Å². The van der Waals surface area contributed by atoms with Crippen molar-refractivity contribution in [2.24, 2.45) is 0 Å². The summed E-state index contributed by atoms with van der Waals surface area (Å²) in [5.74, 6) is -0.563. The van der Waals surface area contributed by atoms with Crippen molar-refractivity contribution in [2.45, 2.75) is 6.42 Å². The Morgan fingerprint density at radius 1 is 1.61 bits per heavy atom. The van der Waals surface area contributed by atoms with E-state index in [2.05, 4.69) is 11.6 Å². The van der Waals surface area contributed by atoms with Crippen LogP contribution in [0.3, 0.4) is 0 Å². The summed E-state index contributed by atoms with van der Waals surface area (Å²) < 4.78 is 4.92. The quantitative estimate of drug-likeness (QED) is 0.819. The molecule has 2 heterocycles. The standard InChI is InChI=1S/C12H12N2O4/c1-2-5-18-12(17)14-4-3-8-6-9(11(15)16)7-13-10(8)14/h2,6-7H,1,3-5H2,(H,15,16). The van der Waals surface area contributed by atoms with Gasteiger partial charge in [0.05, 0.1) is 5.56 Å². The predicted molar refractivity (Wildman–Crippen MR) is 63.8 cm³/mol. The van der Waals surface area contributed by atoms with Gasteiger partial charge in [-0.05, 0) is 18.1 Å². The lowest BCUT2D eigenvalue weighted by atomic mass is 10.2. The van der Waals surface area contributed by atoms with Crippen molar-refractivity contribution in [3.63, 3.8) is 0 Å². The maximum atomic E-state index is 11.7. The van der Waals surface area contributed by atoms with Crippen LogP contribution in [-0.2, 0) is 11.2 Å². The molecule has 94 valence electrons. The van der Waals surface area contributed by atoms with Crippen molar-refractivity contribution < 1.29 is 19.4 Å². The molecule has 1 N–H and O–H groups in total. The molecule has 0 saturated carbocycles. The van der Waals surface area contributed by atoms with Gasteiger partial charge in [-0.15, -0.1) is 0 Å². The highest BCUT2D eigenvalue weighted by Gasteiger charge is 2.27. The molecule has 0 atom stereocenters. The smallest absolute Gasteiger partial charge is 0.415 e. The lowest BCUT2D eigenvalue weighted by Crippen LogP contribution is -2.30. The van der Waals surface area contributed by atoms with E-state index in [-0.39, 0.29) is 12.2 Å². The fourth-order valence-corrected chi connectivity index (χ4v) is 1.77. The van der Waals surface area contributed by atoms with Gasteiger partial charge in [-0.2, -0.15) is 0 Å². The first-order valence-corrected chi connectivity index (χ1v) is 5.41. The zero-order chi connectivity index (χ0) is 13.1. The van der Waals surface area contributed by atoms with Crippen LogP contribution in [0.5, 0.6) is 0 Å². The number of rotatable bonds is 3. The first-order valence-electron chi connectivity index (χ1n) is 5.41. The van der Waals surface area contributed by atoms with Gasteiger partial charge in [0.15, 0.2) is 0 Å². The average molecular weight is 248 g/mol. The summed E-state index contributed by atoms with van der Waals surface area (Å²) in [5, 5.41) is 8.85. The Labute approximate surface area is 104 Å². The fourth-order valence-electron chi connectivity index (χ4n) is 1.77. The number of carboxylic acids is 1. The Hall–Kier alpha value is -2.37. The van der Waals surface area contributed by atoms with Crippen LogP contribution in [0.15, 0.2) is 24.9 Å². The van der Waals surface area contributed by atoms with Crippen LogP contribution in [0, 0.1) is 0 Å². The molecule has 1 aromatic heterocycles. The highest BCUT2D eigenvalue weighted by atomic mass is 16.6. The van der Waals surface area contributed by atoms with Gasteiger partial charge in [0, 0.05) is 12.7 Å². The molecule has 0 spiro atoms. The summed E-state index contributed by atoms with van der Waals surface area (Å²) in [6, 6.07) is 1.53. The second-order valence-electron chi connectivity index (χ2n) is 3.78. The maximum absolute atomic E-state index is 11.7. The van der Waals surface area contributed by atoms with E-state index in [0.29, 0.717) is 18.8 Å². The van der Waals surface area contributed by atoms with Crippen molar-refractivity contribution in [1.82, 2.24) is 4.98 Å². The first-order chi connectivity index (χ1) is 8.63. The van der Waals surface area contributed by atoms with Gasteiger partial charge in [0.1, 0.15) is 12.4 Å². The zero-order valence-corrected chi connectivity index (χ0v) is 9.63. The molecule has 0 bridgehead atoms. The number of aromatic carboxylic acids is 1. The van der Waals surface area contributed by atoms with Crippen LogP contribution in [-0.4, -0.2) is 35.3 Å². The topological polar surface area (TPSA) is 79.7 Å².